The van der Waals surface area contributed by atoms with Gasteiger partial charge in [0.1, 0.15) is 5.60 Å². The molecule has 0 heterocycles. The molecule has 0 saturated heterocycles. The summed E-state index contributed by atoms with van der Waals surface area (Å²) in [6, 6.07) is 7.96. The Morgan fingerprint density at radius 3 is 2.56 bits per heavy atom. The Hall–Kier alpha value is -1.83. The predicted octanol–water partition coefficient (Wildman–Crippen LogP) is 2.76. The Morgan fingerprint density at radius 1 is 1.24 bits per heavy atom. The summed E-state index contributed by atoms with van der Waals surface area (Å²) in [5.41, 5.74) is 0.333. The van der Waals surface area contributed by atoms with Crippen LogP contribution in [0, 0.1) is 11.8 Å². The molecule has 25 heavy (non-hydrogen) atoms. The van der Waals surface area contributed by atoms with E-state index < -0.39 is 5.60 Å². The molecule has 1 amide bonds. The lowest BCUT2D eigenvalue weighted by Crippen LogP contribution is -2.38. The van der Waals surface area contributed by atoms with Crippen molar-refractivity contribution in [2.45, 2.75) is 51.2 Å². The lowest BCUT2D eigenvalue weighted by atomic mass is 10.1. The lowest BCUT2D eigenvalue weighted by molar-refractivity contribution is 0.0774. The Kier molecular flexibility index (Phi) is 6.64. The van der Waals surface area contributed by atoms with Crippen LogP contribution in [0.5, 0.6) is 0 Å². The van der Waals surface area contributed by atoms with Crippen molar-refractivity contribution in [2.24, 2.45) is 0 Å². The van der Waals surface area contributed by atoms with Gasteiger partial charge in [-0.15, -0.1) is 0 Å². The molecule has 1 aliphatic carbocycles. The molecule has 1 saturated carbocycles. The second-order valence-corrected chi connectivity index (χ2v) is 7.54. The van der Waals surface area contributed by atoms with E-state index in [2.05, 4.69) is 23.8 Å². The van der Waals surface area contributed by atoms with Gasteiger partial charge in [0.2, 0.25) is 0 Å². The largest absolute Gasteiger partial charge is 0.378 e. The van der Waals surface area contributed by atoms with Gasteiger partial charge in [-0.05, 0) is 51.9 Å². The van der Waals surface area contributed by atoms with Gasteiger partial charge in [-0.2, -0.15) is 0 Å². The van der Waals surface area contributed by atoms with Crippen LogP contribution in [0.15, 0.2) is 24.3 Å². The normalized spacial score (nSPS) is 15.1. The molecule has 0 spiro atoms. The minimum Gasteiger partial charge on any atom is -0.378 e. The van der Waals surface area contributed by atoms with Crippen molar-refractivity contribution in [3.8, 4) is 11.8 Å². The number of carbonyl (C=O) groups excluding carboxylic acids is 1. The highest BCUT2D eigenvalue weighted by Gasteiger charge is 2.20. The first kappa shape index (κ1) is 19.5. The highest BCUT2D eigenvalue weighted by atomic mass is 16.3. The summed E-state index contributed by atoms with van der Waals surface area (Å²) in [5, 5.41) is 9.70. The van der Waals surface area contributed by atoms with Crippen molar-refractivity contribution in [3.05, 3.63) is 35.4 Å². The summed E-state index contributed by atoms with van der Waals surface area (Å²) in [4.78, 5) is 16.8. The number of hydrogen-bond acceptors (Lipinski definition) is 3. The third kappa shape index (κ3) is 6.19. The zero-order valence-corrected chi connectivity index (χ0v) is 15.9. The molecule has 1 aromatic carbocycles. The molecule has 0 unspecified atom stereocenters. The average molecular weight is 342 g/mol. The fraction of sp³-hybridized carbons (Fsp3) is 0.571. The van der Waals surface area contributed by atoms with E-state index in [1.807, 2.05) is 25.2 Å². The molecule has 0 aromatic heterocycles. The van der Waals surface area contributed by atoms with Crippen LogP contribution in [0.1, 0.15) is 55.5 Å². The van der Waals surface area contributed by atoms with Crippen LogP contribution in [0.4, 0.5) is 0 Å². The van der Waals surface area contributed by atoms with Crippen LogP contribution >= 0.6 is 0 Å². The molecular weight excluding hydrogens is 312 g/mol. The number of carbonyl (C=O) groups is 1. The van der Waals surface area contributed by atoms with Gasteiger partial charge in [-0.3, -0.25) is 4.79 Å². The van der Waals surface area contributed by atoms with Crippen molar-refractivity contribution >= 4 is 5.91 Å². The Morgan fingerprint density at radius 2 is 1.92 bits per heavy atom. The third-order valence-electron chi connectivity index (χ3n) is 4.71. The number of benzene rings is 1. The van der Waals surface area contributed by atoms with E-state index in [1.165, 1.54) is 25.7 Å². The monoisotopic (exact) mass is 342 g/mol. The molecule has 1 aliphatic rings. The summed E-state index contributed by atoms with van der Waals surface area (Å²) in [6.45, 7) is 4.89. The van der Waals surface area contributed by atoms with Crippen LogP contribution in [-0.2, 0) is 0 Å². The van der Waals surface area contributed by atoms with Gasteiger partial charge in [0.15, 0.2) is 0 Å². The average Bonchev–Trinajstić information content (AvgIpc) is 3.11. The van der Waals surface area contributed by atoms with Crippen LogP contribution in [0.25, 0.3) is 0 Å². The number of hydrogen-bond donors (Lipinski definition) is 1. The highest BCUT2D eigenvalue weighted by molar-refractivity contribution is 5.94. The molecular formula is C21H30N2O2. The molecule has 4 heteroatoms. The fourth-order valence-electron chi connectivity index (χ4n) is 3.11. The third-order valence-corrected chi connectivity index (χ3v) is 4.71. The minimum atomic E-state index is -1.04. The first-order valence-corrected chi connectivity index (χ1v) is 9.07. The zero-order chi connectivity index (χ0) is 18.4. The van der Waals surface area contributed by atoms with Crippen molar-refractivity contribution in [1.82, 2.24) is 9.80 Å². The Labute approximate surface area is 151 Å². The predicted molar refractivity (Wildman–Crippen MR) is 101 cm³/mol. The van der Waals surface area contributed by atoms with E-state index in [0.29, 0.717) is 18.2 Å². The zero-order valence-electron chi connectivity index (χ0n) is 15.9. The van der Waals surface area contributed by atoms with Gasteiger partial charge in [-0.25, -0.2) is 0 Å². The number of amides is 1. The lowest BCUT2D eigenvalue weighted by Gasteiger charge is -2.26. The maximum absolute atomic E-state index is 12.6. The second-order valence-electron chi connectivity index (χ2n) is 7.54. The summed E-state index contributed by atoms with van der Waals surface area (Å²) < 4.78 is 0. The van der Waals surface area contributed by atoms with E-state index in [-0.39, 0.29) is 5.91 Å². The fourth-order valence-corrected chi connectivity index (χ4v) is 3.11. The van der Waals surface area contributed by atoms with Crippen LogP contribution in [-0.4, -0.2) is 59.6 Å². The van der Waals surface area contributed by atoms with Crippen molar-refractivity contribution in [1.29, 1.82) is 0 Å². The van der Waals surface area contributed by atoms with E-state index >= 15 is 0 Å². The Bertz CT molecular complexity index is 646. The SMILES string of the molecule is CN(CCN(C)C1CCCC1)C(=O)c1cccc(C#CC(C)(C)O)c1. The first-order chi connectivity index (χ1) is 11.8. The molecule has 4 nitrogen and oxygen atoms in total. The van der Waals surface area contributed by atoms with E-state index in [1.54, 1.807) is 24.8 Å². The van der Waals surface area contributed by atoms with E-state index in [4.69, 9.17) is 0 Å². The standard InChI is InChI=1S/C21H30N2O2/c1-21(2,25)13-12-17-8-7-9-18(16-17)20(24)23(4)15-14-22(3)19-10-5-6-11-19/h7-9,16,19,25H,5-6,10-11,14-15H2,1-4H3. The van der Waals surface area contributed by atoms with Gasteiger partial charge in [-0.1, -0.05) is 30.7 Å². The van der Waals surface area contributed by atoms with E-state index in [0.717, 1.165) is 12.1 Å². The number of nitrogens with zero attached hydrogens (tertiary/aromatic N) is 2. The van der Waals surface area contributed by atoms with Crippen molar-refractivity contribution in [2.75, 3.05) is 27.2 Å². The topological polar surface area (TPSA) is 43.8 Å². The summed E-state index contributed by atoms with van der Waals surface area (Å²) >= 11 is 0. The van der Waals surface area contributed by atoms with E-state index in [9.17, 15) is 9.90 Å². The minimum absolute atomic E-state index is 0.00623. The number of likely N-dealkylation sites (N-methyl/N-ethyl adjacent to an activating group) is 2. The first-order valence-electron chi connectivity index (χ1n) is 9.07. The molecule has 1 fully saturated rings. The van der Waals surface area contributed by atoms with Gasteiger partial charge in [0, 0.05) is 37.3 Å². The van der Waals surface area contributed by atoms with Gasteiger partial charge in [0.05, 0.1) is 0 Å². The molecule has 136 valence electrons. The summed E-state index contributed by atoms with van der Waals surface area (Å²) in [6.07, 6.45) is 5.19. The number of rotatable bonds is 5. The number of aliphatic hydroxyl groups is 1. The van der Waals surface area contributed by atoms with Gasteiger partial charge >= 0.3 is 0 Å². The second kappa shape index (κ2) is 8.51. The molecule has 1 aromatic rings. The van der Waals surface area contributed by atoms with Crippen LogP contribution in [0.3, 0.4) is 0 Å². The van der Waals surface area contributed by atoms with Crippen molar-refractivity contribution in [3.63, 3.8) is 0 Å². The van der Waals surface area contributed by atoms with Gasteiger partial charge < -0.3 is 14.9 Å². The Balaban J connectivity index is 1.95. The smallest absolute Gasteiger partial charge is 0.253 e. The molecule has 0 aliphatic heterocycles. The summed E-state index contributed by atoms with van der Waals surface area (Å²) in [7, 11) is 4.00. The molecule has 1 N–H and O–H groups in total. The maximum Gasteiger partial charge on any atom is 0.253 e. The highest BCUT2D eigenvalue weighted by Crippen LogP contribution is 2.22. The molecule has 0 atom stereocenters. The molecule has 0 radical (unpaired) electrons. The molecule has 0 bridgehead atoms. The quantitative estimate of drug-likeness (QED) is 0.837. The maximum atomic E-state index is 12.6. The van der Waals surface area contributed by atoms with Crippen LogP contribution in [0.2, 0.25) is 0 Å². The van der Waals surface area contributed by atoms with Crippen LogP contribution < -0.4 is 0 Å². The molecule has 2 rings (SSSR count). The summed E-state index contributed by atoms with van der Waals surface area (Å²) in [5.74, 6) is 5.71. The van der Waals surface area contributed by atoms with Gasteiger partial charge in [0.25, 0.3) is 5.91 Å². The van der Waals surface area contributed by atoms with Crippen molar-refractivity contribution < 1.29 is 9.90 Å².